The molecule has 0 bridgehead atoms. The van der Waals surface area contributed by atoms with Crippen LogP contribution in [-0.4, -0.2) is 32.6 Å². The summed E-state index contributed by atoms with van der Waals surface area (Å²) in [6.45, 7) is 1.96. The highest BCUT2D eigenvalue weighted by atomic mass is 32.2. The number of rotatable bonds is 7. The van der Waals surface area contributed by atoms with Crippen molar-refractivity contribution in [2.75, 3.05) is 11.1 Å². The molecule has 5 nitrogen and oxygen atoms in total. The van der Waals surface area contributed by atoms with E-state index < -0.39 is 5.76 Å². The van der Waals surface area contributed by atoms with Crippen molar-refractivity contribution in [1.29, 1.82) is 0 Å². The number of hydrogen-bond donors (Lipinski definition) is 2. The maximum atomic E-state index is 12.2. The Hall–Kier alpha value is -1.61. The minimum atomic E-state index is -2.45. The van der Waals surface area contributed by atoms with Crippen LogP contribution in [0.3, 0.4) is 0 Å². The summed E-state index contributed by atoms with van der Waals surface area (Å²) in [6, 6.07) is 6.27. The van der Waals surface area contributed by atoms with E-state index in [1.165, 1.54) is 11.8 Å². The van der Waals surface area contributed by atoms with Crippen LogP contribution in [0.2, 0.25) is 0 Å². The van der Waals surface area contributed by atoms with Crippen molar-refractivity contribution < 1.29 is 13.6 Å². The van der Waals surface area contributed by atoms with Gasteiger partial charge >= 0.3 is 0 Å². The maximum Gasteiger partial charge on any atom is 0.288 e. The van der Waals surface area contributed by atoms with Crippen molar-refractivity contribution in [2.24, 2.45) is 0 Å². The third-order valence-corrected chi connectivity index (χ3v) is 4.11. The molecule has 1 heterocycles. The molecule has 9 heteroatoms. The van der Waals surface area contributed by atoms with Gasteiger partial charge in [-0.2, -0.15) is 8.78 Å². The number of aryl methyl sites for hydroxylation is 1. The van der Waals surface area contributed by atoms with Crippen LogP contribution in [0.15, 0.2) is 34.3 Å². The molecule has 1 aromatic heterocycles. The average molecular weight is 344 g/mol. The standard InChI is InChI=1S/C13H14F2N4OS2/c1-2-10-17-13(19-18-10)21-7-11(20)16-8-3-5-9(6-4-8)22-12(14)15/h3-6,12H,2,7H2,1H3,(H,16,20)(H,17,18,19). The van der Waals surface area contributed by atoms with Crippen LogP contribution < -0.4 is 5.32 Å². The first kappa shape index (κ1) is 16.8. The van der Waals surface area contributed by atoms with Gasteiger partial charge in [-0.3, -0.25) is 9.89 Å². The van der Waals surface area contributed by atoms with E-state index in [2.05, 4.69) is 20.5 Å². The number of nitrogens with one attached hydrogen (secondary N) is 2. The number of anilines is 1. The number of hydrogen-bond acceptors (Lipinski definition) is 5. The van der Waals surface area contributed by atoms with Crippen LogP contribution in [0.1, 0.15) is 12.7 Å². The van der Waals surface area contributed by atoms with Gasteiger partial charge in [-0.25, -0.2) is 4.98 Å². The zero-order valence-electron chi connectivity index (χ0n) is 11.7. The Kier molecular flexibility index (Phi) is 6.20. The molecule has 0 aliphatic heterocycles. The van der Waals surface area contributed by atoms with Gasteiger partial charge in [0.15, 0.2) is 0 Å². The molecule has 2 aromatic rings. The van der Waals surface area contributed by atoms with Gasteiger partial charge in [0.2, 0.25) is 11.1 Å². The van der Waals surface area contributed by atoms with E-state index in [1.807, 2.05) is 6.92 Å². The van der Waals surface area contributed by atoms with Gasteiger partial charge in [0, 0.05) is 17.0 Å². The largest absolute Gasteiger partial charge is 0.325 e. The number of benzene rings is 1. The Morgan fingerprint density at radius 1 is 1.36 bits per heavy atom. The average Bonchev–Trinajstić information content (AvgIpc) is 2.95. The van der Waals surface area contributed by atoms with Crippen LogP contribution in [0.25, 0.3) is 0 Å². The first-order chi connectivity index (χ1) is 10.6. The summed E-state index contributed by atoms with van der Waals surface area (Å²) < 4.78 is 24.4. The summed E-state index contributed by atoms with van der Waals surface area (Å²) >= 11 is 1.69. The topological polar surface area (TPSA) is 70.7 Å². The molecule has 0 aliphatic rings. The molecule has 118 valence electrons. The number of alkyl halides is 2. The molecular formula is C13H14F2N4OS2. The van der Waals surface area contributed by atoms with Gasteiger partial charge in [0.1, 0.15) is 5.82 Å². The number of carbonyl (C=O) groups is 1. The van der Waals surface area contributed by atoms with Crippen molar-refractivity contribution in [1.82, 2.24) is 15.2 Å². The highest BCUT2D eigenvalue weighted by Gasteiger charge is 2.08. The fourth-order valence-electron chi connectivity index (χ4n) is 1.55. The zero-order valence-corrected chi connectivity index (χ0v) is 13.3. The molecule has 0 saturated heterocycles. The minimum absolute atomic E-state index is 0.175. The van der Waals surface area contributed by atoms with Crippen LogP contribution in [0, 0.1) is 0 Å². The lowest BCUT2D eigenvalue weighted by molar-refractivity contribution is -0.113. The Morgan fingerprint density at radius 2 is 2.09 bits per heavy atom. The van der Waals surface area contributed by atoms with E-state index in [9.17, 15) is 13.6 Å². The lowest BCUT2D eigenvalue weighted by Gasteiger charge is -2.05. The molecule has 2 rings (SSSR count). The first-order valence-corrected chi connectivity index (χ1v) is 8.32. The predicted molar refractivity (Wildman–Crippen MR) is 83.4 cm³/mol. The van der Waals surface area contributed by atoms with E-state index in [0.29, 0.717) is 27.5 Å². The normalized spacial score (nSPS) is 10.9. The van der Waals surface area contributed by atoms with Gasteiger partial charge in [-0.1, -0.05) is 30.4 Å². The number of amides is 1. The minimum Gasteiger partial charge on any atom is -0.325 e. The molecular weight excluding hydrogens is 330 g/mol. The van der Waals surface area contributed by atoms with Crippen molar-refractivity contribution in [3.8, 4) is 0 Å². The first-order valence-electron chi connectivity index (χ1n) is 6.45. The van der Waals surface area contributed by atoms with Gasteiger partial charge < -0.3 is 5.32 Å². The van der Waals surface area contributed by atoms with Crippen LogP contribution in [-0.2, 0) is 11.2 Å². The summed E-state index contributed by atoms with van der Waals surface area (Å²) in [4.78, 5) is 16.4. The molecule has 0 atom stereocenters. The maximum absolute atomic E-state index is 12.2. The van der Waals surface area contributed by atoms with Gasteiger partial charge in [-0.15, -0.1) is 5.10 Å². The smallest absolute Gasteiger partial charge is 0.288 e. The fraction of sp³-hybridized carbons (Fsp3) is 0.308. The highest BCUT2D eigenvalue weighted by Crippen LogP contribution is 2.26. The number of thioether (sulfide) groups is 2. The van der Waals surface area contributed by atoms with Crippen molar-refractivity contribution >= 4 is 35.1 Å². The number of nitrogens with zero attached hydrogens (tertiary/aromatic N) is 2. The van der Waals surface area contributed by atoms with Crippen molar-refractivity contribution in [3.63, 3.8) is 0 Å². The Balaban J connectivity index is 1.81. The lowest BCUT2D eigenvalue weighted by Crippen LogP contribution is -2.14. The lowest BCUT2D eigenvalue weighted by atomic mass is 10.3. The van der Waals surface area contributed by atoms with E-state index in [4.69, 9.17) is 0 Å². The summed E-state index contributed by atoms with van der Waals surface area (Å²) in [5.41, 5.74) is 0.563. The van der Waals surface area contributed by atoms with Crippen molar-refractivity contribution in [3.05, 3.63) is 30.1 Å². The SMILES string of the molecule is CCc1nc(SCC(=O)Nc2ccc(SC(F)F)cc2)n[nH]1. The molecule has 1 aromatic carbocycles. The predicted octanol–water partition coefficient (Wildman–Crippen LogP) is 3.41. The van der Waals surface area contributed by atoms with Crippen LogP contribution in [0.5, 0.6) is 0 Å². The summed E-state index contributed by atoms with van der Waals surface area (Å²) in [7, 11) is 0. The Labute approximate surface area is 134 Å². The highest BCUT2D eigenvalue weighted by molar-refractivity contribution is 8.00. The van der Waals surface area contributed by atoms with E-state index in [1.54, 1.807) is 24.3 Å². The molecule has 0 unspecified atom stereocenters. The molecule has 0 aliphatic carbocycles. The second-order valence-corrected chi connectivity index (χ2v) is 6.16. The number of H-pyrrole nitrogens is 1. The van der Waals surface area contributed by atoms with Gasteiger partial charge in [-0.05, 0) is 24.3 Å². The second kappa shape index (κ2) is 8.14. The molecule has 22 heavy (non-hydrogen) atoms. The van der Waals surface area contributed by atoms with Crippen LogP contribution in [0.4, 0.5) is 14.5 Å². The number of carbonyl (C=O) groups excluding carboxylic acids is 1. The van der Waals surface area contributed by atoms with Crippen molar-refractivity contribution in [2.45, 2.75) is 29.2 Å². The number of halogens is 2. The fourth-order valence-corrected chi connectivity index (χ4v) is 2.66. The third-order valence-electron chi connectivity index (χ3n) is 2.54. The monoisotopic (exact) mass is 344 g/mol. The molecule has 0 radical (unpaired) electrons. The number of aromatic nitrogens is 3. The molecule has 2 N–H and O–H groups in total. The third kappa shape index (κ3) is 5.30. The van der Waals surface area contributed by atoms with Gasteiger partial charge in [0.25, 0.3) is 5.76 Å². The van der Waals surface area contributed by atoms with Crippen LogP contribution >= 0.6 is 23.5 Å². The van der Waals surface area contributed by atoms with E-state index in [0.717, 1.165) is 12.2 Å². The summed E-state index contributed by atoms with van der Waals surface area (Å²) in [5.74, 6) is -1.71. The molecule has 1 amide bonds. The van der Waals surface area contributed by atoms with E-state index in [-0.39, 0.29) is 11.7 Å². The molecule has 0 spiro atoms. The second-order valence-electron chi connectivity index (χ2n) is 4.16. The Morgan fingerprint density at radius 3 is 2.68 bits per heavy atom. The van der Waals surface area contributed by atoms with Gasteiger partial charge in [0.05, 0.1) is 5.75 Å². The Bertz CT molecular complexity index is 619. The molecule has 0 saturated carbocycles. The quantitative estimate of drug-likeness (QED) is 0.753. The number of aromatic amines is 1. The summed E-state index contributed by atoms with van der Waals surface area (Å²) in [6.07, 6.45) is 0.753. The van der Waals surface area contributed by atoms with E-state index >= 15 is 0 Å². The molecule has 0 fully saturated rings. The summed E-state index contributed by atoms with van der Waals surface area (Å²) in [5, 5.41) is 9.97. The zero-order chi connectivity index (χ0) is 15.9.